The fourth-order valence-corrected chi connectivity index (χ4v) is 1.25. The summed E-state index contributed by atoms with van der Waals surface area (Å²) in [5, 5.41) is 8.57. The van der Waals surface area contributed by atoms with Gasteiger partial charge in [-0.2, -0.15) is 0 Å². The van der Waals surface area contributed by atoms with E-state index < -0.39 is 24.5 Å². The summed E-state index contributed by atoms with van der Waals surface area (Å²) < 4.78 is 40.1. The number of nitrogens with zero attached hydrogens (tertiary/aromatic N) is 1. The number of aliphatic carboxylic acids is 1. The highest BCUT2D eigenvalue weighted by molar-refractivity contribution is 5.72. The van der Waals surface area contributed by atoms with Crippen LogP contribution in [-0.2, 0) is 17.8 Å². The fourth-order valence-electron chi connectivity index (χ4n) is 1.25. The van der Waals surface area contributed by atoms with Gasteiger partial charge in [0, 0.05) is 12.1 Å². The minimum atomic E-state index is -4.91. The highest BCUT2D eigenvalue weighted by Crippen LogP contribution is 2.28. The lowest BCUT2D eigenvalue weighted by molar-refractivity contribution is -0.275. The summed E-state index contributed by atoms with van der Waals surface area (Å²) in [6, 6.07) is 0.881. The average Bonchev–Trinajstić information content (AvgIpc) is 2.19. The summed E-state index contributed by atoms with van der Waals surface area (Å²) >= 11 is 0. The van der Waals surface area contributed by atoms with Gasteiger partial charge in [0.2, 0.25) is 0 Å². The zero-order valence-corrected chi connectivity index (χ0v) is 8.99. The number of pyridine rings is 1. The van der Waals surface area contributed by atoms with E-state index in [0.717, 1.165) is 6.07 Å². The molecule has 0 bridgehead atoms. The molecule has 0 saturated heterocycles. The number of hydrogen-bond acceptors (Lipinski definition) is 5. The number of rotatable bonds is 4. The van der Waals surface area contributed by atoms with E-state index in [1.165, 1.54) is 0 Å². The van der Waals surface area contributed by atoms with Gasteiger partial charge in [-0.3, -0.25) is 4.79 Å². The van der Waals surface area contributed by atoms with Gasteiger partial charge in [-0.25, -0.2) is 4.98 Å². The Labute approximate surface area is 99.4 Å². The van der Waals surface area contributed by atoms with E-state index in [4.69, 9.17) is 16.6 Å². The monoisotopic (exact) mass is 265 g/mol. The number of alkyl halides is 3. The van der Waals surface area contributed by atoms with E-state index >= 15 is 0 Å². The molecule has 0 amide bonds. The number of ether oxygens (including phenoxy) is 1. The number of carbonyl (C=O) groups is 1. The van der Waals surface area contributed by atoms with Crippen molar-refractivity contribution in [3.63, 3.8) is 0 Å². The maximum Gasteiger partial charge on any atom is 0.573 e. The van der Waals surface area contributed by atoms with Gasteiger partial charge in [-0.05, 0) is 6.07 Å². The van der Waals surface area contributed by atoms with Crippen molar-refractivity contribution in [2.75, 3.05) is 5.73 Å². The van der Waals surface area contributed by atoms with Crippen LogP contribution < -0.4 is 16.2 Å². The van der Waals surface area contributed by atoms with Crippen molar-refractivity contribution in [2.45, 2.75) is 19.3 Å². The molecule has 0 radical (unpaired) electrons. The lowest BCUT2D eigenvalue weighted by Crippen LogP contribution is -2.20. The first-order chi connectivity index (χ1) is 8.23. The van der Waals surface area contributed by atoms with Gasteiger partial charge in [0.25, 0.3) is 0 Å². The molecule has 0 atom stereocenters. The Morgan fingerprint density at radius 1 is 1.50 bits per heavy atom. The Bertz CT molecular complexity index is 462. The van der Waals surface area contributed by atoms with Crippen molar-refractivity contribution in [1.82, 2.24) is 4.98 Å². The second-order valence-electron chi connectivity index (χ2n) is 3.30. The van der Waals surface area contributed by atoms with Crippen molar-refractivity contribution in [1.29, 1.82) is 0 Å². The lowest BCUT2D eigenvalue weighted by Gasteiger charge is -2.14. The van der Waals surface area contributed by atoms with Gasteiger partial charge in [0.1, 0.15) is 5.82 Å². The standard InChI is InChI=1S/C9H10F3N3O3/c10-9(11,12)18-6-1-4(2-7(16)17)8(14)15-5(6)3-13/h1H,2-3,13H2,(H2,14,15)(H,16,17). The molecule has 0 aliphatic carbocycles. The van der Waals surface area contributed by atoms with Crippen LogP contribution in [0, 0.1) is 0 Å². The summed E-state index contributed by atoms with van der Waals surface area (Å²) in [5.41, 5.74) is 10.4. The number of nitrogens with two attached hydrogens (primary N) is 2. The summed E-state index contributed by atoms with van der Waals surface area (Å²) in [4.78, 5) is 14.1. The molecule has 1 aromatic rings. The van der Waals surface area contributed by atoms with E-state index in [1.807, 2.05) is 0 Å². The van der Waals surface area contributed by atoms with Gasteiger partial charge in [-0.1, -0.05) is 0 Å². The Morgan fingerprint density at radius 2 is 2.11 bits per heavy atom. The number of carboxylic acids is 1. The Morgan fingerprint density at radius 3 is 2.56 bits per heavy atom. The van der Waals surface area contributed by atoms with Crippen molar-refractivity contribution < 1.29 is 27.8 Å². The van der Waals surface area contributed by atoms with Gasteiger partial charge < -0.3 is 21.3 Å². The summed E-state index contributed by atoms with van der Waals surface area (Å²) in [5.74, 6) is -2.08. The Balaban J connectivity index is 3.17. The Kier molecular flexibility index (Phi) is 3.96. The molecule has 0 aromatic carbocycles. The first-order valence-corrected chi connectivity index (χ1v) is 4.69. The number of halogens is 3. The molecule has 0 spiro atoms. The van der Waals surface area contributed by atoms with Crippen molar-refractivity contribution in [2.24, 2.45) is 5.73 Å². The van der Waals surface area contributed by atoms with Crippen LogP contribution >= 0.6 is 0 Å². The molecule has 6 nitrogen and oxygen atoms in total. The largest absolute Gasteiger partial charge is 0.573 e. The summed E-state index contributed by atoms with van der Waals surface area (Å²) in [7, 11) is 0. The first kappa shape index (κ1) is 14.0. The predicted octanol–water partition coefficient (Wildman–Crippen LogP) is 0.648. The predicted molar refractivity (Wildman–Crippen MR) is 54.6 cm³/mol. The third-order valence-corrected chi connectivity index (χ3v) is 1.93. The topological polar surface area (TPSA) is 111 Å². The molecule has 9 heteroatoms. The minimum Gasteiger partial charge on any atom is -0.481 e. The molecule has 1 heterocycles. The zero-order valence-electron chi connectivity index (χ0n) is 8.99. The molecule has 0 aliphatic rings. The molecule has 18 heavy (non-hydrogen) atoms. The molecule has 100 valence electrons. The summed E-state index contributed by atoms with van der Waals surface area (Å²) in [6.45, 7) is -0.317. The van der Waals surface area contributed by atoms with Crippen molar-refractivity contribution in [3.8, 4) is 5.75 Å². The van der Waals surface area contributed by atoms with Crippen molar-refractivity contribution >= 4 is 11.8 Å². The van der Waals surface area contributed by atoms with Crippen LogP contribution in [0.15, 0.2) is 6.07 Å². The number of nitrogen functional groups attached to an aromatic ring is 1. The molecule has 5 N–H and O–H groups in total. The number of hydrogen-bond donors (Lipinski definition) is 3. The normalized spacial score (nSPS) is 11.3. The van der Waals surface area contributed by atoms with Crippen LogP contribution in [0.4, 0.5) is 19.0 Å². The van der Waals surface area contributed by atoms with Gasteiger partial charge in [0.15, 0.2) is 5.75 Å². The third kappa shape index (κ3) is 3.77. The maximum atomic E-state index is 12.1. The van der Waals surface area contributed by atoms with Crippen LogP contribution in [0.1, 0.15) is 11.3 Å². The second kappa shape index (κ2) is 5.08. The van der Waals surface area contributed by atoms with Crippen LogP contribution in [-0.4, -0.2) is 22.4 Å². The van der Waals surface area contributed by atoms with E-state index in [2.05, 4.69) is 9.72 Å². The van der Waals surface area contributed by atoms with E-state index in [9.17, 15) is 18.0 Å². The van der Waals surface area contributed by atoms with Gasteiger partial charge in [-0.15, -0.1) is 13.2 Å². The maximum absolute atomic E-state index is 12.1. The fraction of sp³-hybridized carbons (Fsp3) is 0.333. The molecular weight excluding hydrogens is 255 g/mol. The second-order valence-corrected chi connectivity index (χ2v) is 3.30. The van der Waals surface area contributed by atoms with Gasteiger partial charge in [0.05, 0.1) is 12.1 Å². The van der Waals surface area contributed by atoms with Crippen LogP contribution in [0.2, 0.25) is 0 Å². The van der Waals surface area contributed by atoms with Crippen LogP contribution in [0.5, 0.6) is 5.75 Å². The van der Waals surface area contributed by atoms with Gasteiger partial charge >= 0.3 is 12.3 Å². The molecule has 0 aliphatic heterocycles. The molecular formula is C9H10F3N3O3. The minimum absolute atomic E-state index is 0.0704. The van der Waals surface area contributed by atoms with E-state index in [0.29, 0.717) is 0 Å². The SMILES string of the molecule is NCc1nc(N)c(CC(=O)O)cc1OC(F)(F)F. The zero-order chi connectivity index (χ0) is 13.9. The average molecular weight is 265 g/mol. The lowest BCUT2D eigenvalue weighted by atomic mass is 10.1. The quantitative estimate of drug-likeness (QED) is 0.736. The first-order valence-electron chi connectivity index (χ1n) is 4.69. The third-order valence-electron chi connectivity index (χ3n) is 1.93. The highest BCUT2D eigenvalue weighted by Gasteiger charge is 2.32. The number of anilines is 1. The van der Waals surface area contributed by atoms with Crippen LogP contribution in [0.3, 0.4) is 0 Å². The molecule has 0 saturated carbocycles. The van der Waals surface area contributed by atoms with E-state index in [1.54, 1.807) is 0 Å². The molecule has 0 unspecified atom stereocenters. The molecule has 1 rings (SSSR count). The Hall–Kier alpha value is -2.03. The van der Waals surface area contributed by atoms with E-state index in [-0.39, 0.29) is 23.6 Å². The smallest absolute Gasteiger partial charge is 0.481 e. The number of carboxylic acid groups (broad SMARTS) is 1. The summed E-state index contributed by atoms with van der Waals surface area (Å²) in [6.07, 6.45) is -5.47. The van der Waals surface area contributed by atoms with Crippen LogP contribution in [0.25, 0.3) is 0 Å². The molecule has 1 aromatic heterocycles. The number of aromatic nitrogens is 1. The highest BCUT2D eigenvalue weighted by atomic mass is 19.4. The molecule has 0 fully saturated rings. The van der Waals surface area contributed by atoms with Crippen molar-refractivity contribution in [3.05, 3.63) is 17.3 Å².